The molecule has 0 aliphatic heterocycles. The van der Waals surface area contributed by atoms with Crippen LogP contribution >= 0.6 is 0 Å². The second-order valence-corrected chi connectivity index (χ2v) is 8.64. The number of hydrogen-bond acceptors (Lipinski definition) is 4. The van der Waals surface area contributed by atoms with E-state index in [-0.39, 0.29) is 12.5 Å². The minimum atomic E-state index is -0.850. The standard InChI is InChI=1S/C25H39NO4/c1-6-8-12-17-25(16-7-2,26-23(28)30-24(3,4)5)22(19-27)15-18-29-20-21-13-10-9-11-14-21/h9-11,13-14,22,27H,6,8,12,15,17-20H2,1-5H3,(H,26,28)/t22-,25+/m0/s1. The van der Waals surface area contributed by atoms with Crippen LogP contribution in [-0.4, -0.2) is 35.6 Å². The zero-order chi connectivity index (χ0) is 22.5. The molecule has 2 atom stereocenters. The summed E-state index contributed by atoms with van der Waals surface area (Å²) in [7, 11) is 0. The lowest BCUT2D eigenvalue weighted by Gasteiger charge is -2.37. The summed E-state index contributed by atoms with van der Waals surface area (Å²) in [6.45, 7) is 10.3. The Balaban J connectivity index is 2.89. The summed E-state index contributed by atoms with van der Waals surface area (Å²) in [5, 5.41) is 13.2. The van der Waals surface area contributed by atoms with Gasteiger partial charge < -0.3 is 19.9 Å². The molecule has 5 nitrogen and oxygen atoms in total. The van der Waals surface area contributed by atoms with E-state index < -0.39 is 17.2 Å². The van der Waals surface area contributed by atoms with Gasteiger partial charge in [-0.3, -0.25) is 0 Å². The van der Waals surface area contributed by atoms with Crippen LogP contribution in [0, 0.1) is 17.8 Å². The fourth-order valence-electron chi connectivity index (χ4n) is 3.41. The predicted molar refractivity (Wildman–Crippen MR) is 121 cm³/mol. The quantitative estimate of drug-likeness (QED) is 0.368. The van der Waals surface area contributed by atoms with Crippen molar-refractivity contribution in [2.75, 3.05) is 13.2 Å². The first-order chi connectivity index (χ1) is 14.3. The molecule has 0 aromatic heterocycles. The lowest BCUT2D eigenvalue weighted by Crippen LogP contribution is -2.55. The van der Waals surface area contributed by atoms with Gasteiger partial charge in [0.15, 0.2) is 0 Å². The lowest BCUT2D eigenvalue weighted by molar-refractivity contribution is 0.0351. The normalized spacial score (nSPS) is 14.2. The molecule has 168 valence electrons. The van der Waals surface area contributed by atoms with E-state index in [1.165, 1.54) is 0 Å². The molecule has 0 radical (unpaired) electrons. The van der Waals surface area contributed by atoms with Gasteiger partial charge in [0.25, 0.3) is 0 Å². The molecule has 0 unspecified atom stereocenters. The number of ether oxygens (including phenoxy) is 2. The molecule has 5 heteroatoms. The van der Waals surface area contributed by atoms with E-state index in [1.54, 1.807) is 6.92 Å². The Bertz CT molecular complexity index is 672. The fraction of sp³-hybridized carbons (Fsp3) is 0.640. The number of aliphatic hydroxyl groups excluding tert-OH is 1. The second-order valence-electron chi connectivity index (χ2n) is 8.64. The molecule has 1 amide bonds. The Labute approximate surface area is 182 Å². The van der Waals surface area contributed by atoms with Crippen molar-refractivity contribution in [1.29, 1.82) is 0 Å². The average Bonchev–Trinajstić information content (AvgIpc) is 2.67. The highest BCUT2D eigenvalue weighted by Crippen LogP contribution is 2.28. The van der Waals surface area contributed by atoms with Crippen molar-refractivity contribution in [2.45, 2.75) is 84.5 Å². The number of amides is 1. The number of alkyl carbamates (subject to hydrolysis) is 1. The lowest BCUT2D eigenvalue weighted by atomic mass is 9.78. The Morgan fingerprint density at radius 2 is 1.90 bits per heavy atom. The molecule has 2 N–H and O–H groups in total. The van der Waals surface area contributed by atoms with Crippen LogP contribution in [0.5, 0.6) is 0 Å². The molecule has 0 aliphatic carbocycles. The number of aliphatic hydroxyl groups is 1. The van der Waals surface area contributed by atoms with Gasteiger partial charge in [0, 0.05) is 19.1 Å². The van der Waals surface area contributed by atoms with E-state index in [1.807, 2.05) is 51.1 Å². The average molecular weight is 418 g/mol. The van der Waals surface area contributed by atoms with Gasteiger partial charge in [0.1, 0.15) is 11.1 Å². The van der Waals surface area contributed by atoms with Crippen molar-refractivity contribution < 1.29 is 19.4 Å². The van der Waals surface area contributed by atoms with Crippen LogP contribution in [0.15, 0.2) is 30.3 Å². The zero-order valence-corrected chi connectivity index (χ0v) is 19.3. The molecule has 0 heterocycles. The van der Waals surface area contributed by atoms with Crippen LogP contribution in [0.4, 0.5) is 4.79 Å². The summed E-state index contributed by atoms with van der Waals surface area (Å²) in [6.07, 6.45) is 3.73. The summed E-state index contributed by atoms with van der Waals surface area (Å²) in [5.74, 6) is 5.91. The van der Waals surface area contributed by atoms with Crippen LogP contribution in [0.25, 0.3) is 0 Å². The van der Waals surface area contributed by atoms with Crippen LogP contribution < -0.4 is 5.32 Å². The number of rotatable bonds is 12. The van der Waals surface area contributed by atoms with E-state index in [9.17, 15) is 9.90 Å². The van der Waals surface area contributed by atoms with Gasteiger partial charge >= 0.3 is 6.09 Å². The van der Waals surface area contributed by atoms with Crippen LogP contribution in [0.3, 0.4) is 0 Å². The van der Waals surface area contributed by atoms with Gasteiger partial charge in [-0.1, -0.05) is 62.4 Å². The number of unbranched alkanes of at least 4 members (excludes halogenated alkanes) is 2. The molecule has 30 heavy (non-hydrogen) atoms. The maximum atomic E-state index is 12.6. The largest absolute Gasteiger partial charge is 0.444 e. The molecule has 0 saturated carbocycles. The van der Waals surface area contributed by atoms with Gasteiger partial charge in [-0.2, -0.15) is 0 Å². The smallest absolute Gasteiger partial charge is 0.408 e. The van der Waals surface area contributed by atoms with Crippen LogP contribution in [0.1, 0.15) is 72.3 Å². The third-order valence-electron chi connectivity index (χ3n) is 4.89. The number of carbonyl (C=O) groups is 1. The van der Waals surface area contributed by atoms with E-state index in [0.717, 1.165) is 24.8 Å². The van der Waals surface area contributed by atoms with Crippen LogP contribution in [0.2, 0.25) is 0 Å². The van der Waals surface area contributed by atoms with Gasteiger partial charge in [-0.15, -0.1) is 5.92 Å². The summed E-state index contributed by atoms with van der Waals surface area (Å²) in [5.41, 5.74) is -0.351. The summed E-state index contributed by atoms with van der Waals surface area (Å²) in [6, 6.07) is 9.98. The molecule has 0 saturated heterocycles. The molecule has 0 aliphatic rings. The molecule has 1 rings (SSSR count). The van der Waals surface area contributed by atoms with Crippen molar-refractivity contribution in [3.8, 4) is 11.8 Å². The van der Waals surface area contributed by atoms with Gasteiger partial charge in [0.05, 0.1) is 6.61 Å². The second kappa shape index (κ2) is 13.3. The van der Waals surface area contributed by atoms with E-state index in [2.05, 4.69) is 24.1 Å². The third-order valence-corrected chi connectivity index (χ3v) is 4.89. The van der Waals surface area contributed by atoms with Crippen molar-refractivity contribution in [3.05, 3.63) is 35.9 Å². The predicted octanol–water partition coefficient (Wildman–Crippen LogP) is 5.07. The fourth-order valence-corrected chi connectivity index (χ4v) is 3.41. The molecular weight excluding hydrogens is 378 g/mol. The monoisotopic (exact) mass is 417 g/mol. The summed E-state index contributed by atoms with van der Waals surface area (Å²) in [4.78, 5) is 12.6. The third kappa shape index (κ3) is 9.65. The van der Waals surface area contributed by atoms with Crippen molar-refractivity contribution >= 4 is 6.09 Å². The minimum Gasteiger partial charge on any atom is -0.444 e. The first-order valence-electron chi connectivity index (χ1n) is 10.9. The van der Waals surface area contributed by atoms with Crippen molar-refractivity contribution in [2.24, 2.45) is 5.92 Å². The van der Waals surface area contributed by atoms with Crippen LogP contribution in [-0.2, 0) is 16.1 Å². The molecule has 0 bridgehead atoms. The minimum absolute atomic E-state index is 0.0920. The van der Waals surface area contributed by atoms with Gasteiger partial charge in [-0.25, -0.2) is 4.79 Å². The molecule has 0 spiro atoms. The SMILES string of the molecule is CC#C[C@](CCCCC)(NC(=O)OC(C)(C)C)[C@H](CO)CCOCc1ccccc1. The topological polar surface area (TPSA) is 67.8 Å². The number of carbonyl (C=O) groups excluding carboxylic acids is 1. The molecule has 1 aromatic carbocycles. The first-order valence-corrected chi connectivity index (χ1v) is 10.9. The number of benzene rings is 1. The zero-order valence-electron chi connectivity index (χ0n) is 19.3. The Hall–Kier alpha value is -2.03. The molecule has 0 fully saturated rings. The van der Waals surface area contributed by atoms with E-state index >= 15 is 0 Å². The van der Waals surface area contributed by atoms with Crippen molar-refractivity contribution in [1.82, 2.24) is 5.32 Å². The highest BCUT2D eigenvalue weighted by atomic mass is 16.6. The molecule has 1 aromatic rings. The number of hydrogen-bond donors (Lipinski definition) is 2. The summed E-state index contributed by atoms with van der Waals surface area (Å²) < 4.78 is 11.3. The number of nitrogens with one attached hydrogen (secondary N) is 1. The first kappa shape index (κ1) is 26.0. The molecular formula is C25H39NO4. The van der Waals surface area contributed by atoms with Gasteiger partial charge in [0.2, 0.25) is 0 Å². The Morgan fingerprint density at radius 3 is 2.47 bits per heavy atom. The maximum Gasteiger partial charge on any atom is 0.408 e. The Morgan fingerprint density at radius 1 is 1.20 bits per heavy atom. The van der Waals surface area contributed by atoms with E-state index in [0.29, 0.717) is 26.1 Å². The maximum absolute atomic E-state index is 12.6. The Kier molecular flexibility index (Phi) is 11.5. The van der Waals surface area contributed by atoms with Gasteiger partial charge in [-0.05, 0) is 46.1 Å². The summed E-state index contributed by atoms with van der Waals surface area (Å²) >= 11 is 0. The highest BCUT2D eigenvalue weighted by molar-refractivity contribution is 5.69. The van der Waals surface area contributed by atoms with E-state index in [4.69, 9.17) is 9.47 Å². The highest BCUT2D eigenvalue weighted by Gasteiger charge is 2.39. The van der Waals surface area contributed by atoms with Crippen molar-refractivity contribution in [3.63, 3.8) is 0 Å².